The summed E-state index contributed by atoms with van der Waals surface area (Å²) in [6, 6.07) is 8.46. The average molecular weight is 283 g/mol. The summed E-state index contributed by atoms with van der Waals surface area (Å²) in [5, 5.41) is 1.12. The fraction of sp³-hybridized carbons (Fsp3) is 0.571. The molecule has 1 nitrogen and oxygen atoms in total. The fourth-order valence-corrected chi connectivity index (χ4v) is 3.12. The first kappa shape index (κ1) is 12.0. The third kappa shape index (κ3) is 2.79. The minimum Gasteiger partial charge on any atom is -0.497 e. The van der Waals surface area contributed by atoms with Crippen LogP contribution in [0, 0.1) is 11.8 Å². The number of benzene rings is 1. The predicted molar refractivity (Wildman–Crippen MR) is 71.3 cm³/mol. The Balaban J connectivity index is 2.00. The van der Waals surface area contributed by atoms with E-state index in [0.29, 0.717) is 0 Å². The van der Waals surface area contributed by atoms with Crippen molar-refractivity contribution in [2.24, 2.45) is 11.8 Å². The molecule has 1 atom stereocenters. The van der Waals surface area contributed by atoms with Crippen LogP contribution in [0.3, 0.4) is 0 Å². The number of halogens is 1. The highest BCUT2D eigenvalue weighted by atomic mass is 79.9. The molecule has 1 aliphatic rings. The first-order valence-electron chi connectivity index (χ1n) is 6.02. The van der Waals surface area contributed by atoms with Gasteiger partial charge in [0.1, 0.15) is 5.75 Å². The van der Waals surface area contributed by atoms with E-state index in [2.05, 4.69) is 34.1 Å². The van der Waals surface area contributed by atoms with Gasteiger partial charge < -0.3 is 4.74 Å². The summed E-state index contributed by atoms with van der Waals surface area (Å²) < 4.78 is 5.26. The molecule has 1 unspecified atom stereocenters. The largest absolute Gasteiger partial charge is 0.497 e. The first-order chi connectivity index (χ1) is 7.83. The van der Waals surface area contributed by atoms with E-state index in [1.165, 1.54) is 31.2 Å². The second-order valence-electron chi connectivity index (χ2n) is 4.66. The van der Waals surface area contributed by atoms with Crippen molar-refractivity contribution in [2.45, 2.75) is 25.7 Å². The molecule has 0 spiro atoms. The summed E-state index contributed by atoms with van der Waals surface area (Å²) >= 11 is 3.65. The molecule has 1 aliphatic carbocycles. The number of methoxy groups -OCH3 is 1. The van der Waals surface area contributed by atoms with Crippen LogP contribution in [0.2, 0.25) is 0 Å². The van der Waals surface area contributed by atoms with E-state index in [-0.39, 0.29) is 0 Å². The van der Waals surface area contributed by atoms with Crippen LogP contribution in [-0.2, 0) is 6.42 Å². The molecule has 1 aromatic rings. The van der Waals surface area contributed by atoms with Gasteiger partial charge in [-0.05, 0) is 36.0 Å². The Labute approximate surface area is 106 Å². The minimum absolute atomic E-state index is 0.792. The summed E-state index contributed by atoms with van der Waals surface area (Å²) in [7, 11) is 1.73. The Bertz CT molecular complexity index is 333. The van der Waals surface area contributed by atoms with Gasteiger partial charge >= 0.3 is 0 Å². The van der Waals surface area contributed by atoms with Gasteiger partial charge in [-0.15, -0.1) is 0 Å². The highest BCUT2D eigenvalue weighted by molar-refractivity contribution is 9.09. The molecule has 0 bridgehead atoms. The maximum atomic E-state index is 5.26. The predicted octanol–water partition coefficient (Wildman–Crippen LogP) is 4.05. The summed E-state index contributed by atoms with van der Waals surface area (Å²) in [4.78, 5) is 0. The van der Waals surface area contributed by atoms with Crippen molar-refractivity contribution in [1.29, 1.82) is 0 Å². The molecule has 1 fully saturated rings. The highest BCUT2D eigenvalue weighted by Crippen LogP contribution is 2.36. The fourth-order valence-electron chi connectivity index (χ4n) is 2.36. The molecule has 1 saturated carbocycles. The lowest BCUT2D eigenvalue weighted by atomic mass is 9.74. The Morgan fingerprint density at radius 1 is 1.44 bits per heavy atom. The lowest BCUT2D eigenvalue weighted by molar-refractivity contribution is 0.224. The molecule has 16 heavy (non-hydrogen) atoms. The average Bonchev–Trinajstić information content (AvgIpc) is 2.26. The van der Waals surface area contributed by atoms with Gasteiger partial charge in [-0.25, -0.2) is 0 Å². The number of ether oxygens (including phenoxy) is 1. The zero-order chi connectivity index (χ0) is 11.4. The maximum Gasteiger partial charge on any atom is 0.119 e. The zero-order valence-electron chi connectivity index (χ0n) is 9.79. The van der Waals surface area contributed by atoms with Gasteiger partial charge in [0.15, 0.2) is 0 Å². The molecule has 0 aliphatic heterocycles. The van der Waals surface area contributed by atoms with Crippen molar-refractivity contribution in [2.75, 3.05) is 12.4 Å². The lowest BCUT2D eigenvalue weighted by Crippen LogP contribution is -2.24. The van der Waals surface area contributed by atoms with Gasteiger partial charge in [0.25, 0.3) is 0 Å². The molecule has 2 rings (SSSR count). The molecule has 88 valence electrons. The lowest BCUT2D eigenvalue weighted by Gasteiger charge is -2.33. The third-order valence-corrected chi connectivity index (χ3v) is 4.48. The molecule has 0 radical (unpaired) electrons. The summed E-state index contributed by atoms with van der Waals surface area (Å²) in [6.45, 7) is 0. The van der Waals surface area contributed by atoms with Crippen molar-refractivity contribution in [3.63, 3.8) is 0 Å². The second kappa shape index (κ2) is 5.72. The van der Waals surface area contributed by atoms with Crippen LogP contribution in [-0.4, -0.2) is 12.4 Å². The van der Waals surface area contributed by atoms with E-state index >= 15 is 0 Å². The third-order valence-electron chi connectivity index (χ3n) is 3.65. The Kier molecular flexibility index (Phi) is 4.28. The standard InChI is InChI=1S/C14H19BrO/c1-16-14-7-2-4-11(9-14)8-13(10-15)12-5-3-6-12/h2,4,7,9,12-13H,3,5-6,8,10H2,1H3. The quantitative estimate of drug-likeness (QED) is 0.741. The van der Waals surface area contributed by atoms with E-state index in [4.69, 9.17) is 4.74 Å². The zero-order valence-corrected chi connectivity index (χ0v) is 11.4. The van der Waals surface area contributed by atoms with Crippen LogP contribution in [0.15, 0.2) is 24.3 Å². The van der Waals surface area contributed by atoms with E-state index in [9.17, 15) is 0 Å². The minimum atomic E-state index is 0.792. The van der Waals surface area contributed by atoms with Gasteiger partial charge in [0.05, 0.1) is 7.11 Å². The van der Waals surface area contributed by atoms with Crippen LogP contribution >= 0.6 is 15.9 Å². The SMILES string of the molecule is COc1cccc(CC(CBr)C2CCC2)c1. The first-order valence-corrected chi connectivity index (χ1v) is 7.14. The summed E-state index contributed by atoms with van der Waals surface area (Å²) in [6.07, 6.45) is 5.43. The molecule has 0 aromatic heterocycles. The summed E-state index contributed by atoms with van der Waals surface area (Å²) in [5.41, 5.74) is 1.40. The van der Waals surface area contributed by atoms with Crippen molar-refractivity contribution < 1.29 is 4.74 Å². The van der Waals surface area contributed by atoms with Crippen LogP contribution in [0.1, 0.15) is 24.8 Å². The second-order valence-corrected chi connectivity index (χ2v) is 5.31. The van der Waals surface area contributed by atoms with Gasteiger partial charge in [0, 0.05) is 5.33 Å². The highest BCUT2D eigenvalue weighted by Gasteiger charge is 2.26. The monoisotopic (exact) mass is 282 g/mol. The van der Waals surface area contributed by atoms with Gasteiger partial charge in [-0.2, -0.15) is 0 Å². The van der Waals surface area contributed by atoms with E-state index in [1.807, 2.05) is 6.07 Å². The molecular weight excluding hydrogens is 264 g/mol. The Hall–Kier alpha value is -0.500. The van der Waals surface area contributed by atoms with Crippen LogP contribution in [0.25, 0.3) is 0 Å². The van der Waals surface area contributed by atoms with Crippen LogP contribution in [0.5, 0.6) is 5.75 Å². The molecule has 0 heterocycles. The molecule has 0 amide bonds. The van der Waals surface area contributed by atoms with Crippen molar-refractivity contribution in [3.8, 4) is 5.75 Å². The normalized spacial score (nSPS) is 17.9. The molecule has 0 N–H and O–H groups in total. The molecule has 2 heteroatoms. The van der Waals surface area contributed by atoms with Crippen molar-refractivity contribution >= 4 is 15.9 Å². The van der Waals surface area contributed by atoms with Gasteiger partial charge in [-0.1, -0.05) is 47.3 Å². The van der Waals surface area contributed by atoms with Gasteiger partial charge in [0.2, 0.25) is 0 Å². The van der Waals surface area contributed by atoms with Crippen molar-refractivity contribution in [3.05, 3.63) is 29.8 Å². The Morgan fingerprint density at radius 2 is 2.25 bits per heavy atom. The number of rotatable bonds is 5. The smallest absolute Gasteiger partial charge is 0.119 e. The summed E-state index contributed by atoms with van der Waals surface area (Å²) in [5.74, 6) is 2.70. The van der Waals surface area contributed by atoms with Crippen LogP contribution < -0.4 is 4.74 Å². The maximum absolute atomic E-state index is 5.26. The van der Waals surface area contributed by atoms with E-state index in [1.54, 1.807) is 7.11 Å². The molecule has 0 saturated heterocycles. The van der Waals surface area contributed by atoms with Gasteiger partial charge in [-0.3, -0.25) is 0 Å². The van der Waals surface area contributed by atoms with E-state index < -0.39 is 0 Å². The van der Waals surface area contributed by atoms with Crippen molar-refractivity contribution in [1.82, 2.24) is 0 Å². The van der Waals surface area contributed by atoms with E-state index in [0.717, 1.165) is 22.9 Å². The number of hydrogen-bond acceptors (Lipinski definition) is 1. The number of alkyl halides is 1. The Morgan fingerprint density at radius 3 is 2.81 bits per heavy atom. The topological polar surface area (TPSA) is 9.23 Å². The molecule has 1 aromatic carbocycles. The molecular formula is C14H19BrO. The van der Waals surface area contributed by atoms with Crippen LogP contribution in [0.4, 0.5) is 0 Å². The number of hydrogen-bond donors (Lipinski definition) is 0.